The fraction of sp³-hybridized carbons (Fsp3) is 0.929. The lowest BCUT2D eigenvalue weighted by molar-refractivity contribution is -0.137. The molecule has 4 heteroatoms. The number of nitrogens with zero attached hydrogens (tertiary/aromatic N) is 1. The first-order chi connectivity index (χ1) is 8.65. The molecule has 0 amide bonds. The maximum absolute atomic E-state index is 10.7. The molecule has 2 unspecified atom stereocenters. The molecule has 0 bridgehead atoms. The van der Waals surface area contributed by atoms with E-state index in [4.69, 9.17) is 5.11 Å². The maximum atomic E-state index is 10.7. The molecule has 1 aliphatic carbocycles. The fourth-order valence-electron chi connectivity index (χ4n) is 3.31. The Kier molecular flexibility index (Phi) is 5.01. The molecule has 1 aliphatic heterocycles. The summed E-state index contributed by atoms with van der Waals surface area (Å²) in [5.74, 6) is -0.0121. The highest BCUT2D eigenvalue weighted by Gasteiger charge is 2.28. The molecule has 18 heavy (non-hydrogen) atoms. The van der Waals surface area contributed by atoms with Crippen LogP contribution < -0.4 is 5.32 Å². The van der Waals surface area contributed by atoms with E-state index in [-0.39, 0.29) is 6.42 Å². The first-order valence-corrected chi connectivity index (χ1v) is 7.34. The van der Waals surface area contributed by atoms with Gasteiger partial charge < -0.3 is 10.4 Å². The predicted octanol–water partition coefficient (Wildman–Crippen LogP) is 1.70. The zero-order valence-electron chi connectivity index (χ0n) is 11.4. The van der Waals surface area contributed by atoms with E-state index < -0.39 is 5.97 Å². The smallest absolute Gasteiger partial charge is 0.303 e. The summed E-state index contributed by atoms with van der Waals surface area (Å²) < 4.78 is 0. The van der Waals surface area contributed by atoms with Gasteiger partial charge in [-0.15, -0.1) is 0 Å². The second kappa shape index (κ2) is 6.53. The Morgan fingerprint density at radius 3 is 2.72 bits per heavy atom. The van der Waals surface area contributed by atoms with Crippen LogP contribution in [0.5, 0.6) is 0 Å². The molecule has 2 aliphatic rings. The number of hydrogen-bond donors (Lipinski definition) is 2. The average molecular weight is 254 g/mol. The quantitative estimate of drug-likeness (QED) is 0.802. The Morgan fingerprint density at radius 1 is 1.33 bits per heavy atom. The predicted molar refractivity (Wildman–Crippen MR) is 71.7 cm³/mol. The van der Waals surface area contributed by atoms with Crippen molar-refractivity contribution in [3.05, 3.63) is 0 Å². The van der Waals surface area contributed by atoms with Gasteiger partial charge in [-0.2, -0.15) is 0 Å². The van der Waals surface area contributed by atoms with E-state index in [1.807, 2.05) is 0 Å². The van der Waals surface area contributed by atoms with Crippen LogP contribution in [0.1, 0.15) is 45.4 Å². The SMILES string of the molecule is CC1CNC(CCC(=O)O)CN(C2CCCC2)C1. The Hall–Kier alpha value is -0.610. The van der Waals surface area contributed by atoms with Crippen LogP contribution in [0.25, 0.3) is 0 Å². The minimum absolute atomic E-state index is 0.282. The Balaban J connectivity index is 1.89. The minimum atomic E-state index is -0.679. The van der Waals surface area contributed by atoms with E-state index in [1.165, 1.54) is 32.2 Å². The number of rotatable bonds is 4. The van der Waals surface area contributed by atoms with Crippen LogP contribution in [0, 0.1) is 5.92 Å². The number of nitrogens with one attached hydrogen (secondary N) is 1. The van der Waals surface area contributed by atoms with Crippen LogP contribution in [-0.2, 0) is 4.79 Å². The van der Waals surface area contributed by atoms with Crippen molar-refractivity contribution in [1.29, 1.82) is 0 Å². The van der Waals surface area contributed by atoms with Crippen molar-refractivity contribution in [2.24, 2.45) is 5.92 Å². The molecule has 0 spiro atoms. The highest BCUT2D eigenvalue weighted by atomic mass is 16.4. The van der Waals surface area contributed by atoms with Crippen LogP contribution in [0.15, 0.2) is 0 Å². The number of carboxylic acids is 1. The standard InChI is InChI=1S/C14H26N2O2/c1-11-8-15-12(6-7-14(17)18)10-16(9-11)13-4-2-3-5-13/h11-13,15H,2-10H2,1H3,(H,17,18). The van der Waals surface area contributed by atoms with Crippen molar-refractivity contribution in [1.82, 2.24) is 10.2 Å². The van der Waals surface area contributed by atoms with Crippen molar-refractivity contribution in [3.8, 4) is 0 Å². The molecule has 2 atom stereocenters. The Labute approximate surface area is 110 Å². The van der Waals surface area contributed by atoms with Gasteiger partial charge in [0.1, 0.15) is 0 Å². The lowest BCUT2D eigenvalue weighted by Crippen LogP contribution is -2.42. The molecule has 2 N–H and O–H groups in total. The zero-order valence-corrected chi connectivity index (χ0v) is 11.4. The van der Waals surface area contributed by atoms with Gasteiger partial charge in [0.05, 0.1) is 0 Å². The number of carbonyl (C=O) groups is 1. The van der Waals surface area contributed by atoms with Gasteiger partial charge in [0.2, 0.25) is 0 Å². The summed E-state index contributed by atoms with van der Waals surface area (Å²) in [5, 5.41) is 12.3. The lowest BCUT2D eigenvalue weighted by atomic mass is 10.1. The van der Waals surface area contributed by atoms with Gasteiger partial charge in [-0.25, -0.2) is 0 Å². The van der Waals surface area contributed by atoms with Crippen LogP contribution in [0.4, 0.5) is 0 Å². The molecule has 4 nitrogen and oxygen atoms in total. The molecule has 1 saturated carbocycles. The largest absolute Gasteiger partial charge is 0.481 e. The van der Waals surface area contributed by atoms with Gasteiger partial charge in [0.25, 0.3) is 0 Å². The zero-order chi connectivity index (χ0) is 13.0. The molecule has 104 valence electrons. The van der Waals surface area contributed by atoms with Gasteiger partial charge in [-0.1, -0.05) is 19.8 Å². The van der Waals surface area contributed by atoms with E-state index in [0.717, 1.165) is 25.6 Å². The number of aliphatic carboxylic acids is 1. The van der Waals surface area contributed by atoms with E-state index >= 15 is 0 Å². The third-order valence-corrected chi connectivity index (χ3v) is 4.30. The van der Waals surface area contributed by atoms with Crippen molar-refractivity contribution in [2.75, 3.05) is 19.6 Å². The first-order valence-electron chi connectivity index (χ1n) is 7.34. The summed E-state index contributed by atoms with van der Waals surface area (Å²) in [7, 11) is 0. The summed E-state index contributed by atoms with van der Waals surface area (Å²) in [4.78, 5) is 13.3. The molecule has 1 saturated heterocycles. The van der Waals surface area contributed by atoms with Gasteiger partial charge >= 0.3 is 5.97 Å². The van der Waals surface area contributed by atoms with Gasteiger partial charge in [-0.05, 0) is 31.7 Å². The summed E-state index contributed by atoms with van der Waals surface area (Å²) in [5.41, 5.74) is 0. The Bertz CT molecular complexity index is 277. The van der Waals surface area contributed by atoms with Gasteiger partial charge in [0.15, 0.2) is 0 Å². The molecular formula is C14H26N2O2. The number of carboxylic acid groups (broad SMARTS) is 1. The van der Waals surface area contributed by atoms with E-state index in [1.54, 1.807) is 0 Å². The third kappa shape index (κ3) is 3.95. The number of hydrogen-bond acceptors (Lipinski definition) is 3. The normalized spacial score (nSPS) is 31.4. The van der Waals surface area contributed by atoms with Crippen molar-refractivity contribution in [3.63, 3.8) is 0 Å². The highest BCUT2D eigenvalue weighted by Crippen LogP contribution is 2.25. The van der Waals surface area contributed by atoms with Gasteiger partial charge in [0, 0.05) is 31.6 Å². The van der Waals surface area contributed by atoms with Crippen molar-refractivity contribution in [2.45, 2.75) is 57.5 Å². The molecule has 2 fully saturated rings. The lowest BCUT2D eigenvalue weighted by Gasteiger charge is -2.30. The molecule has 0 aromatic carbocycles. The topological polar surface area (TPSA) is 52.6 Å². The molecule has 1 heterocycles. The minimum Gasteiger partial charge on any atom is -0.481 e. The van der Waals surface area contributed by atoms with E-state index in [0.29, 0.717) is 12.0 Å². The first kappa shape index (κ1) is 13.8. The van der Waals surface area contributed by atoms with Crippen LogP contribution in [0.2, 0.25) is 0 Å². The second-order valence-corrected chi connectivity index (χ2v) is 6.03. The van der Waals surface area contributed by atoms with Crippen LogP contribution >= 0.6 is 0 Å². The van der Waals surface area contributed by atoms with E-state index in [9.17, 15) is 4.79 Å². The highest BCUT2D eigenvalue weighted by molar-refractivity contribution is 5.66. The summed E-state index contributed by atoms with van der Waals surface area (Å²) >= 11 is 0. The summed E-state index contributed by atoms with van der Waals surface area (Å²) in [6.45, 7) is 5.51. The van der Waals surface area contributed by atoms with Crippen LogP contribution in [0.3, 0.4) is 0 Å². The third-order valence-electron chi connectivity index (χ3n) is 4.30. The maximum Gasteiger partial charge on any atom is 0.303 e. The summed E-state index contributed by atoms with van der Waals surface area (Å²) in [6, 6.07) is 1.10. The van der Waals surface area contributed by atoms with Crippen molar-refractivity contribution >= 4 is 5.97 Å². The molecule has 2 rings (SSSR count). The van der Waals surface area contributed by atoms with Crippen molar-refractivity contribution < 1.29 is 9.90 Å². The second-order valence-electron chi connectivity index (χ2n) is 6.03. The summed E-state index contributed by atoms with van der Waals surface area (Å²) in [6.07, 6.45) is 6.43. The monoisotopic (exact) mass is 254 g/mol. The fourth-order valence-corrected chi connectivity index (χ4v) is 3.31. The Morgan fingerprint density at radius 2 is 2.06 bits per heavy atom. The average Bonchev–Trinajstić information content (AvgIpc) is 2.78. The van der Waals surface area contributed by atoms with Crippen LogP contribution in [-0.4, -0.2) is 47.7 Å². The molecular weight excluding hydrogens is 228 g/mol. The van der Waals surface area contributed by atoms with Gasteiger partial charge in [-0.3, -0.25) is 9.69 Å². The molecule has 0 aromatic rings. The van der Waals surface area contributed by atoms with E-state index in [2.05, 4.69) is 17.1 Å². The molecule has 0 radical (unpaired) electrons. The molecule has 0 aromatic heterocycles.